The maximum Gasteiger partial charge on any atom is 0.303 e. The van der Waals surface area contributed by atoms with Crippen LogP contribution in [-0.4, -0.2) is 16.1 Å². The van der Waals surface area contributed by atoms with Crippen molar-refractivity contribution in [2.75, 3.05) is 0 Å². The highest BCUT2D eigenvalue weighted by atomic mass is 16.4. The number of nitrogens with zero attached hydrogens (tertiary/aromatic N) is 1. The summed E-state index contributed by atoms with van der Waals surface area (Å²) >= 11 is 0. The normalized spacial score (nSPS) is 26.2. The van der Waals surface area contributed by atoms with Gasteiger partial charge in [-0.15, -0.1) is 0 Å². The van der Waals surface area contributed by atoms with Crippen molar-refractivity contribution in [3.05, 3.63) is 39.8 Å². The highest BCUT2D eigenvalue weighted by Gasteiger charge is 2.40. The maximum atomic E-state index is 11.0. The first-order chi connectivity index (χ1) is 13.3. The maximum absolute atomic E-state index is 11.0. The lowest BCUT2D eigenvalue weighted by atomic mass is 9.62. The Labute approximate surface area is 167 Å². The van der Waals surface area contributed by atoms with Crippen LogP contribution in [0.15, 0.2) is 16.1 Å². The minimum atomic E-state index is -0.814. The Hall–Kier alpha value is -2.10. The van der Waals surface area contributed by atoms with E-state index in [2.05, 4.69) is 40.7 Å². The second-order valence-electron chi connectivity index (χ2n) is 9.19. The van der Waals surface area contributed by atoms with Crippen molar-refractivity contribution < 1.29 is 14.3 Å². The van der Waals surface area contributed by atoms with Crippen molar-refractivity contribution in [1.29, 1.82) is 0 Å². The van der Waals surface area contributed by atoms with Crippen LogP contribution in [0.5, 0.6) is 0 Å². The molecular formula is C24H31NO3. The molecule has 2 aliphatic carbocycles. The van der Waals surface area contributed by atoms with Crippen LogP contribution < -0.4 is 0 Å². The molecule has 4 heteroatoms. The molecule has 1 heterocycles. The molecule has 0 amide bonds. The number of hydrogen-bond acceptors (Lipinski definition) is 3. The second-order valence-corrected chi connectivity index (χ2v) is 9.19. The van der Waals surface area contributed by atoms with Crippen LogP contribution in [0.4, 0.5) is 0 Å². The summed E-state index contributed by atoms with van der Waals surface area (Å²) in [5.41, 5.74) is 8.78. The van der Waals surface area contributed by atoms with E-state index in [4.69, 9.17) is 14.5 Å². The second kappa shape index (κ2) is 7.06. The first-order valence-corrected chi connectivity index (χ1v) is 10.6. The number of carboxylic acid groups (broad SMARTS) is 1. The van der Waals surface area contributed by atoms with Crippen LogP contribution in [0.2, 0.25) is 0 Å². The highest BCUT2D eigenvalue weighted by molar-refractivity contribution is 5.85. The number of carbonyl (C=O) groups is 1. The summed E-state index contributed by atoms with van der Waals surface area (Å²) in [6.07, 6.45) is 6.43. The lowest BCUT2D eigenvalue weighted by Gasteiger charge is -2.42. The molecule has 4 nitrogen and oxygen atoms in total. The fraction of sp³-hybridized carbons (Fsp3) is 0.583. The monoisotopic (exact) mass is 381 g/mol. The van der Waals surface area contributed by atoms with Crippen molar-refractivity contribution >= 4 is 17.1 Å². The van der Waals surface area contributed by atoms with E-state index in [1.807, 2.05) is 0 Å². The summed E-state index contributed by atoms with van der Waals surface area (Å²) in [4.78, 5) is 15.8. The van der Waals surface area contributed by atoms with Gasteiger partial charge in [0.15, 0.2) is 11.5 Å². The van der Waals surface area contributed by atoms with E-state index in [0.29, 0.717) is 36.0 Å². The van der Waals surface area contributed by atoms with E-state index >= 15 is 0 Å². The molecule has 0 saturated carbocycles. The van der Waals surface area contributed by atoms with Gasteiger partial charge in [0.25, 0.3) is 0 Å². The SMILES string of the molecule is CC(C)=C[C@@H]1C[C@H](C)[C@H]2CC[C@H](C)c3c2c1c(C)c1nc(CCC(=O)O)oc31. The summed E-state index contributed by atoms with van der Waals surface area (Å²) in [5, 5.41) is 9.04. The number of benzene rings is 1. The number of rotatable bonds is 4. The first kappa shape index (κ1) is 19.2. The van der Waals surface area contributed by atoms with Gasteiger partial charge in [-0.2, -0.15) is 0 Å². The van der Waals surface area contributed by atoms with Gasteiger partial charge in [-0.3, -0.25) is 4.79 Å². The predicted molar refractivity (Wildman–Crippen MR) is 111 cm³/mol. The van der Waals surface area contributed by atoms with E-state index in [9.17, 15) is 4.79 Å². The van der Waals surface area contributed by atoms with Gasteiger partial charge in [-0.25, -0.2) is 4.98 Å². The first-order valence-electron chi connectivity index (χ1n) is 10.6. The molecule has 2 aromatic rings. The minimum absolute atomic E-state index is 0.0521. The predicted octanol–water partition coefficient (Wildman–Crippen LogP) is 6.22. The number of fused-ring (bicyclic) bond motifs is 2. The molecule has 0 radical (unpaired) electrons. The van der Waals surface area contributed by atoms with Gasteiger partial charge >= 0.3 is 5.97 Å². The third kappa shape index (κ3) is 3.07. The molecule has 4 atom stereocenters. The molecule has 2 aliphatic rings. The molecule has 0 bridgehead atoms. The molecule has 4 rings (SSSR count). The number of aliphatic carboxylic acids is 1. The van der Waals surface area contributed by atoms with E-state index in [1.54, 1.807) is 0 Å². The molecule has 150 valence electrons. The molecule has 1 aromatic heterocycles. The van der Waals surface area contributed by atoms with Crippen LogP contribution in [0.25, 0.3) is 11.1 Å². The van der Waals surface area contributed by atoms with Crippen molar-refractivity contribution in [2.45, 2.75) is 84.5 Å². The number of carboxylic acids is 1. The van der Waals surface area contributed by atoms with Crippen molar-refractivity contribution in [2.24, 2.45) is 5.92 Å². The zero-order chi connectivity index (χ0) is 20.2. The van der Waals surface area contributed by atoms with E-state index in [-0.39, 0.29) is 6.42 Å². The summed E-state index contributed by atoms with van der Waals surface area (Å²) in [6, 6.07) is 0. The number of hydrogen-bond donors (Lipinski definition) is 1. The fourth-order valence-corrected chi connectivity index (χ4v) is 5.61. The molecule has 0 spiro atoms. The Balaban J connectivity index is 1.98. The number of aryl methyl sites for hydroxylation is 2. The standard InChI is InChI=1S/C24H31NO3/c1-12(2)10-16-11-14(4)17-7-6-13(3)20-22(17)21(16)15(5)23-24(20)28-18(25-23)8-9-19(26)27/h10,13-14,16-17H,6-9,11H2,1-5H3,(H,26,27)/t13-,14-,16+,17+/m0/s1. The van der Waals surface area contributed by atoms with E-state index in [1.165, 1.54) is 47.1 Å². The molecule has 0 aliphatic heterocycles. The highest BCUT2D eigenvalue weighted by Crippen LogP contribution is 2.55. The van der Waals surface area contributed by atoms with Gasteiger partial charge in [-0.1, -0.05) is 25.5 Å². The Morgan fingerprint density at radius 3 is 2.64 bits per heavy atom. The minimum Gasteiger partial charge on any atom is -0.481 e. The van der Waals surface area contributed by atoms with Crippen LogP contribution in [0, 0.1) is 12.8 Å². The quantitative estimate of drug-likeness (QED) is 0.638. The number of allylic oxidation sites excluding steroid dienone is 2. The Bertz CT molecular complexity index is 964. The van der Waals surface area contributed by atoms with Gasteiger partial charge in [0.1, 0.15) is 5.52 Å². The topological polar surface area (TPSA) is 63.3 Å². The van der Waals surface area contributed by atoms with Crippen molar-refractivity contribution in [3.8, 4) is 0 Å². The molecule has 0 saturated heterocycles. The van der Waals surface area contributed by atoms with Crippen molar-refractivity contribution in [1.82, 2.24) is 4.98 Å². The average molecular weight is 382 g/mol. The zero-order valence-corrected chi connectivity index (χ0v) is 17.6. The molecule has 0 unspecified atom stereocenters. The smallest absolute Gasteiger partial charge is 0.303 e. The fourth-order valence-electron chi connectivity index (χ4n) is 5.61. The van der Waals surface area contributed by atoms with Crippen LogP contribution in [0.1, 0.15) is 99.3 Å². The number of aromatic nitrogens is 1. The van der Waals surface area contributed by atoms with Crippen LogP contribution >= 0.6 is 0 Å². The van der Waals surface area contributed by atoms with Gasteiger partial charge in [0.05, 0.1) is 6.42 Å². The lowest BCUT2D eigenvalue weighted by Crippen LogP contribution is -2.28. The summed E-state index contributed by atoms with van der Waals surface area (Å²) < 4.78 is 6.20. The Morgan fingerprint density at radius 2 is 1.96 bits per heavy atom. The third-order valence-corrected chi connectivity index (χ3v) is 6.80. The largest absolute Gasteiger partial charge is 0.481 e. The van der Waals surface area contributed by atoms with Gasteiger partial charge in [0, 0.05) is 17.9 Å². The zero-order valence-electron chi connectivity index (χ0n) is 17.6. The Morgan fingerprint density at radius 1 is 1.21 bits per heavy atom. The third-order valence-electron chi connectivity index (χ3n) is 6.80. The summed E-state index contributed by atoms with van der Waals surface area (Å²) in [6.45, 7) is 11.2. The molecular weight excluding hydrogens is 350 g/mol. The van der Waals surface area contributed by atoms with Crippen LogP contribution in [0.3, 0.4) is 0 Å². The molecule has 28 heavy (non-hydrogen) atoms. The van der Waals surface area contributed by atoms with E-state index < -0.39 is 5.97 Å². The lowest BCUT2D eigenvalue weighted by molar-refractivity contribution is -0.137. The number of oxazole rings is 1. The van der Waals surface area contributed by atoms with Gasteiger partial charge < -0.3 is 9.52 Å². The van der Waals surface area contributed by atoms with Gasteiger partial charge in [-0.05, 0) is 74.5 Å². The van der Waals surface area contributed by atoms with Crippen LogP contribution in [-0.2, 0) is 11.2 Å². The Kier molecular flexibility index (Phi) is 4.84. The molecule has 0 fully saturated rings. The molecule has 1 aromatic carbocycles. The molecule has 1 N–H and O–H groups in total. The van der Waals surface area contributed by atoms with Crippen molar-refractivity contribution in [3.63, 3.8) is 0 Å². The summed E-state index contributed by atoms with van der Waals surface area (Å²) in [5.74, 6) is 1.87. The average Bonchev–Trinajstić information content (AvgIpc) is 3.03. The van der Waals surface area contributed by atoms with Gasteiger partial charge in [0.2, 0.25) is 0 Å². The summed E-state index contributed by atoms with van der Waals surface area (Å²) in [7, 11) is 0. The van der Waals surface area contributed by atoms with E-state index in [0.717, 1.165) is 11.1 Å².